The van der Waals surface area contributed by atoms with Gasteiger partial charge in [-0.1, -0.05) is 38.1 Å². The number of rotatable bonds is 5. The number of benzene rings is 2. The Labute approximate surface area is 172 Å². The summed E-state index contributed by atoms with van der Waals surface area (Å²) in [5, 5.41) is 2.96. The van der Waals surface area contributed by atoms with Gasteiger partial charge in [0.05, 0.1) is 5.54 Å². The Morgan fingerprint density at radius 3 is 2.39 bits per heavy atom. The van der Waals surface area contributed by atoms with Gasteiger partial charge in [0.25, 0.3) is 0 Å². The molecule has 1 amide bonds. The Morgan fingerprint density at radius 2 is 1.82 bits per heavy atom. The second-order valence-corrected chi connectivity index (χ2v) is 7.79. The van der Waals surface area contributed by atoms with Crippen LogP contribution in [-0.4, -0.2) is 29.4 Å². The minimum atomic E-state index is -0.866. The van der Waals surface area contributed by atoms with Crippen LogP contribution in [-0.2, 0) is 11.3 Å². The van der Waals surface area contributed by atoms with E-state index in [0.29, 0.717) is 38.4 Å². The van der Waals surface area contributed by atoms with Crippen LogP contribution in [0.5, 0.6) is 0 Å². The van der Waals surface area contributed by atoms with Crippen LogP contribution in [0.1, 0.15) is 43.7 Å². The number of nitrogens with zero attached hydrogens (tertiary/aromatic N) is 1. The third-order valence-electron chi connectivity index (χ3n) is 5.33. The van der Waals surface area contributed by atoms with Gasteiger partial charge in [0.1, 0.15) is 5.82 Å². The maximum Gasteiger partial charge on any atom is 0.244 e. The van der Waals surface area contributed by atoms with Crippen molar-refractivity contribution in [3.8, 4) is 0 Å². The third-order valence-corrected chi connectivity index (χ3v) is 5.33. The molecular formula is C22H29ClFN3O. The van der Waals surface area contributed by atoms with Crippen molar-refractivity contribution in [2.45, 2.75) is 44.7 Å². The zero-order chi connectivity index (χ0) is 19.4. The Balaban J connectivity index is 0.00000280. The summed E-state index contributed by atoms with van der Waals surface area (Å²) in [7, 11) is 0. The molecule has 0 bridgehead atoms. The summed E-state index contributed by atoms with van der Waals surface area (Å²) in [4.78, 5) is 14.9. The van der Waals surface area contributed by atoms with Crippen molar-refractivity contribution in [3.63, 3.8) is 0 Å². The Kier molecular flexibility index (Phi) is 7.58. The van der Waals surface area contributed by atoms with E-state index in [1.54, 1.807) is 12.1 Å². The Bertz CT molecular complexity index is 787. The molecule has 0 saturated carbocycles. The molecule has 152 valence electrons. The first-order valence-corrected chi connectivity index (χ1v) is 9.53. The first kappa shape index (κ1) is 22.3. The quantitative estimate of drug-likeness (QED) is 0.779. The lowest BCUT2D eigenvalue weighted by molar-refractivity contribution is -0.122. The predicted octanol–water partition coefficient (Wildman–Crippen LogP) is 4.30. The van der Waals surface area contributed by atoms with Gasteiger partial charge in [-0.25, -0.2) is 4.39 Å². The van der Waals surface area contributed by atoms with Gasteiger partial charge in [-0.15, -0.1) is 12.4 Å². The van der Waals surface area contributed by atoms with Gasteiger partial charge in [-0.05, 0) is 54.2 Å². The molecule has 1 aliphatic rings. The fraction of sp³-hybridized carbons (Fsp3) is 0.409. The minimum Gasteiger partial charge on any atom is -0.324 e. The highest BCUT2D eigenvalue weighted by Crippen LogP contribution is 2.24. The number of hydrogen-bond acceptors (Lipinski definition) is 3. The van der Waals surface area contributed by atoms with E-state index in [-0.39, 0.29) is 24.1 Å². The molecule has 0 spiro atoms. The van der Waals surface area contributed by atoms with Crippen molar-refractivity contribution in [2.75, 3.05) is 18.4 Å². The highest BCUT2D eigenvalue weighted by molar-refractivity contribution is 5.98. The van der Waals surface area contributed by atoms with E-state index in [4.69, 9.17) is 5.73 Å². The molecule has 1 aliphatic heterocycles. The van der Waals surface area contributed by atoms with Gasteiger partial charge in [0, 0.05) is 25.3 Å². The van der Waals surface area contributed by atoms with E-state index < -0.39 is 5.54 Å². The van der Waals surface area contributed by atoms with Gasteiger partial charge in [-0.2, -0.15) is 0 Å². The molecule has 0 aromatic heterocycles. The predicted molar refractivity (Wildman–Crippen MR) is 114 cm³/mol. The van der Waals surface area contributed by atoms with E-state index in [2.05, 4.69) is 24.1 Å². The minimum absolute atomic E-state index is 0. The van der Waals surface area contributed by atoms with Crippen LogP contribution >= 0.6 is 12.4 Å². The molecule has 0 atom stereocenters. The molecule has 0 aliphatic carbocycles. The molecule has 1 saturated heterocycles. The zero-order valence-corrected chi connectivity index (χ0v) is 17.3. The van der Waals surface area contributed by atoms with E-state index in [1.807, 2.05) is 30.3 Å². The lowest BCUT2D eigenvalue weighted by atomic mass is 9.87. The monoisotopic (exact) mass is 405 g/mol. The number of halogens is 2. The van der Waals surface area contributed by atoms with Crippen LogP contribution in [0.15, 0.2) is 48.5 Å². The molecule has 0 radical (unpaired) electrons. The van der Waals surface area contributed by atoms with Crippen molar-refractivity contribution in [3.05, 3.63) is 65.5 Å². The lowest BCUT2D eigenvalue weighted by Gasteiger charge is -2.38. The Morgan fingerprint density at radius 1 is 1.18 bits per heavy atom. The summed E-state index contributed by atoms with van der Waals surface area (Å²) in [5.74, 6) is 0.101. The molecule has 1 heterocycles. The van der Waals surface area contributed by atoms with E-state index in [9.17, 15) is 9.18 Å². The Hall–Kier alpha value is -1.95. The molecular weight excluding hydrogens is 377 g/mol. The zero-order valence-electron chi connectivity index (χ0n) is 16.5. The fourth-order valence-electron chi connectivity index (χ4n) is 3.44. The summed E-state index contributed by atoms with van der Waals surface area (Å²) in [6.45, 7) is 6.38. The van der Waals surface area contributed by atoms with Crippen LogP contribution in [0.25, 0.3) is 0 Å². The maximum atomic E-state index is 13.3. The van der Waals surface area contributed by atoms with Crippen molar-refractivity contribution >= 4 is 24.0 Å². The summed E-state index contributed by atoms with van der Waals surface area (Å²) >= 11 is 0. The molecule has 28 heavy (non-hydrogen) atoms. The fourth-order valence-corrected chi connectivity index (χ4v) is 3.44. The topological polar surface area (TPSA) is 58.4 Å². The number of likely N-dealkylation sites (tertiary alicyclic amines) is 1. The largest absolute Gasteiger partial charge is 0.324 e. The van der Waals surface area contributed by atoms with Crippen molar-refractivity contribution in [2.24, 2.45) is 5.73 Å². The standard InChI is InChI=1S/C22H28FN3O.ClH/c1-16(2)18-6-8-20(9-7-18)25-21(27)22(24)10-12-26(13-11-22)15-17-4-3-5-19(23)14-17;/h3-9,14,16H,10-13,15,24H2,1-2H3,(H,25,27);1H. The van der Waals surface area contributed by atoms with Crippen LogP contribution in [0.2, 0.25) is 0 Å². The van der Waals surface area contributed by atoms with Crippen LogP contribution < -0.4 is 11.1 Å². The molecule has 2 aromatic carbocycles. The maximum absolute atomic E-state index is 13.3. The van der Waals surface area contributed by atoms with Crippen LogP contribution in [0.3, 0.4) is 0 Å². The lowest BCUT2D eigenvalue weighted by Crippen LogP contribution is -2.57. The summed E-state index contributed by atoms with van der Waals surface area (Å²) in [6, 6.07) is 14.6. The highest BCUT2D eigenvalue weighted by atomic mass is 35.5. The summed E-state index contributed by atoms with van der Waals surface area (Å²) < 4.78 is 13.3. The number of hydrogen-bond donors (Lipinski definition) is 2. The first-order valence-electron chi connectivity index (χ1n) is 9.53. The number of anilines is 1. The second kappa shape index (κ2) is 9.50. The van der Waals surface area contributed by atoms with E-state index in [1.165, 1.54) is 11.6 Å². The van der Waals surface area contributed by atoms with Gasteiger partial charge in [0.2, 0.25) is 5.91 Å². The van der Waals surface area contributed by atoms with Gasteiger partial charge in [-0.3, -0.25) is 9.69 Å². The van der Waals surface area contributed by atoms with Crippen molar-refractivity contribution in [1.82, 2.24) is 4.90 Å². The van der Waals surface area contributed by atoms with E-state index in [0.717, 1.165) is 11.3 Å². The second-order valence-electron chi connectivity index (χ2n) is 7.79. The van der Waals surface area contributed by atoms with Gasteiger partial charge >= 0.3 is 0 Å². The summed E-state index contributed by atoms with van der Waals surface area (Å²) in [6.07, 6.45) is 1.16. The summed E-state index contributed by atoms with van der Waals surface area (Å²) in [5.41, 5.74) is 8.49. The average molecular weight is 406 g/mol. The van der Waals surface area contributed by atoms with Gasteiger partial charge < -0.3 is 11.1 Å². The number of carbonyl (C=O) groups excluding carboxylic acids is 1. The van der Waals surface area contributed by atoms with Crippen LogP contribution in [0.4, 0.5) is 10.1 Å². The van der Waals surface area contributed by atoms with Crippen molar-refractivity contribution in [1.29, 1.82) is 0 Å². The highest BCUT2D eigenvalue weighted by Gasteiger charge is 2.37. The SMILES string of the molecule is CC(C)c1ccc(NC(=O)C2(N)CCN(Cc3cccc(F)c3)CC2)cc1.Cl. The smallest absolute Gasteiger partial charge is 0.244 e. The average Bonchev–Trinajstić information content (AvgIpc) is 2.64. The molecule has 6 heteroatoms. The van der Waals surface area contributed by atoms with Gasteiger partial charge in [0.15, 0.2) is 0 Å². The van der Waals surface area contributed by atoms with Crippen molar-refractivity contribution < 1.29 is 9.18 Å². The molecule has 0 unspecified atom stereocenters. The number of piperidine rings is 1. The van der Waals surface area contributed by atoms with Crippen LogP contribution in [0, 0.1) is 5.82 Å². The molecule has 2 aromatic rings. The first-order chi connectivity index (χ1) is 12.9. The number of amides is 1. The molecule has 4 nitrogen and oxygen atoms in total. The number of carbonyl (C=O) groups is 1. The number of nitrogens with one attached hydrogen (secondary N) is 1. The molecule has 1 fully saturated rings. The number of nitrogens with two attached hydrogens (primary N) is 1. The third kappa shape index (κ3) is 5.53. The van der Waals surface area contributed by atoms with E-state index >= 15 is 0 Å². The molecule has 3 rings (SSSR count). The molecule has 3 N–H and O–H groups in total. The normalized spacial score (nSPS) is 16.5.